The molecule has 184 valence electrons. The van der Waals surface area contributed by atoms with Gasteiger partial charge in [-0.1, -0.05) is 17.4 Å². The number of nitrogens with zero attached hydrogens (tertiary/aromatic N) is 1. The number of aromatic amines is 1. The van der Waals surface area contributed by atoms with E-state index in [2.05, 4.69) is 4.98 Å². The maximum Gasteiger partial charge on any atom is 0.326 e. The van der Waals surface area contributed by atoms with E-state index in [0.29, 0.717) is 12.4 Å². The summed E-state index contributed by atoms with van der Waals surface area (Å²) in [7, 11) is 0. The summed E-state index contributed by atoms with van der Waals surface area (Å²) in [6.45, 7) is 3.59. The Morgan fingerprint density at radius 2 is 1.94 bits per heavy atom. The number of thioether (sulfide) groups is 1. The van der Waals surface area contributed by atoms with Gasteiger partial charge in [0.15, 0.2) is 11.5 Å². The van der Waals surface area contributed by atoms with Crippen LogP contribution in [0.4, 0.5) is 0 Å². The first-order chi connectivity index (χ1) is 16.7. The zero-order valence-corrected chi connectivity index (χ0v) is 20.6. The van der Waals surface area contributed by atoms with E-state index in [1.807, 2.05) is 13.0 Å². The number of carbonyl (C=O) groups is 3. The molecule has 1 aromatic carbocycles. The van der Waals surface area contributed by atoms with Crippen LogP contribution in [0, 0.1) is 29.6 Å². The van der Waals surface area contributed by atoms with Crippen LogP contribution in [0.2, 0.25) is 0 Å². The molecule has 3 fully saturated rings. The quantitative estimate of drug-likeness (QED) is 0.516. The zero-order chi connectivity index (χ0) is 24.8. The summed E-state index contributed by atoms with van der Waals surface area (Å²) < 4.78 is 5.62. The maximum atomic E-state index is 13.4. The molecular formula is C24H24N2O7S2. The number of carboxylic acid groups (broad SMARTS) is 1. The lowest BCUT2D eigenvalue weighted by molar-refractivity contribution is -0.154. The number of aromatic hydroxyl groups is 1. The van der Waals surface area contributed by atoms with Crippen LogP contribution in [0.5, 0.6) is 11.5 Å². The topological polar surface area (TPSA) is 137 Å². The molecule has 4 aliphatic rings. The van der Waals surface area contributed by atoms with Crippen molar-refractivity contribution in [1.29, 1.82) is 0 Å². The van der Waals surface area contributed by atoms with Gasteiger partial charge < -0.3 is 19.9 Å². The van der Waals surface area contributed by atoms with Crippen molar-refractivity contribution >= 4 is 40.9 Å². The second-order valence-corrected chi connectivity index (χ2v) is 11.9. The average Bonchev–Trinajstić information content (AvgIpc) is 3.54. The molecule has 3 N–H and O–H groups in total. The maximum absolute atomic E-state index is 13.4. The van der Waals surface area contributed by atoms with Gasteiger partial charge in [0.1, 0.15) is 6.04 Å². The smallest absolute Gasteiger partial charge is 0.326 e. The van der Waals surface area contributed by atoms with Crippen molar-refractivity contribution in [1.82, 2.24) is 9.88 Å². The number of rotatable bonds is 5. The number of benzene rings is 1. The minimum absolute atomic E-state index is 0.00480. The summed E-state index contributed by atoms with van der Waals surface area (Å²) in [4.78, 5) is 55.3. The predicted molar refractivity (Wildman–Crippen MR) is 127 cm³/mol. The van der Waals surface area contributed by atoms with Gasteiger partial charge in [-0.15, -0.1) is 11.8 Å². The number of phenols is 1. The highest BCUT2D eigenvalue weighted by molar-refractivity contribution is 8.00. The van der Waals surface area contributed by atoms with Crippen molar-refractivity contribution < 1.29 is 29.3 Å². The van der Waals surface area contributed by atoms with Gasteiger partial charge in [0.05, 0.1) is 23.5 Å². The highest BCUT2D eigenvalue weighted by atomic mass is 32.2. The van der Waals surface area contributed by atoms with Crippen LogP contribution in [0.3, 0.4) is 0 Å². The van der Waals surface area contributed by atoms with Crippen molar-refractivity contribution in [3.63, 3.8) is 0 Å². The highest BCUT2D eigenvalue weighted by Crippen LogP contribution is 2.68. The number of nitrogens with one attached hydrogen (secondary N) is 1. The zero-order valence-electron chi connectivity index (χ0n) is 19.0. The molecule has 2 aliphatic heterocycles. The number of fused-ring (bicyclic) bond motifs is 9. The van der Waals surface area contributed by atoms with Gasteiger partial charge in [0, 0.05) is 16.0 Å². The number of aromatic nitrogens is 1. The summed E-state index contributed by atoms with van der Waals surface area (Å²) in [5, 5.41) is 20.5. The summed E-state index contributed by atoms with van der Waals surface area (Å²) in [6.07, 6.45) is 0.719. The van der Waals surface area contributed by atoms with Gasteiger partial charge in [-0.25, -0.2) is 4.79 Å². The Bertz CT molecular complexity index is 1320. The number of hydrogen-bond acceptors (Lipinski definition) is 8. The van der Waals surface area contributed by atoms with Gasteiger partial charge in [0.2, 0.25) is 11.8 Å². The fourth-order valence-electron chi connectivity index (χ4n) is 6.90. The molecule has 11 heteroatoms. The molecule has 1 saturated heterocycles. The number of H-pyrrole nitrogens is 1. The lowest BCUT2D eigenvalue weighted by Crippen LogP contribution is -2.44. The molecular weight excluding hydrogens is 492 g/mol. The number of hydrogen-bond donors (Lipinski definition) is 3. The molecule has 0 unspecified atom stereocenters. The summed E-state index contributed by atoms with van der Waals surface area (Å²) in [5.74, 6) is -3.05. The van der Waals surface area contributed by atoms with E-state index in [1.54, 1.807) is 23.9 Å². The minimum Gasteiger partial charge on any atom is -0.504 e. The number of amides is 2. The third kappa shape index (κ3) is 3.07. The lowest BCUT2D eigenvalue weighted by atomic mass is 9.68. The van der Waals surface area contributed by atoms with E-state index >= 15 is 0 Å². The number of ether oxygens (including phenoxy) is 1. The number of thiazole rings is 1. The Hall–Kier alpha value is -2.79. The van der Waals surface area contributed by atoms with Crippen molar-refractivity contribution in [3.8, 4) is 11.5 Å². The third-order valence-corrected chi connectivity index (χ3v) is 10.7. The predicted octanol–water partition coefficient (Wildman–Crippen LogP) is 2.49. The van der Waals surface area contributed by atoms with Crippen molar-refractivity contribution in [2.45, 2.75) is 42.5 Å². The van der Waals surface area contributed by atoms with Gasteiger partial charge in [-0.2, -0.15) is 0 Å². The van der Waals surface area contributed by atoms with Crippen LogP contribution >= 0.6 is 23.1 Å². The monoisotopic (exact) mass is 516 g/mol. The van der Waals surface area contributed by atoms with E-state index in [4.69, 9.17) is 4.74 Å². The molecule has 0 spiro atoms. The number of imide groups is 1. The van der Waals surface area contributed by atoms with Crippen LogP contribution in [0.15, 0.2) is 28.0 Å². The largest absolute Gasteiger partial charge is 0.504 e. The Kier molecular flexibility index (Phi) is 5.09. The number of carbonyl (C=O) groups excluding carboxylic acids is 2. The van der Waals surface area contributed by atoms with Crippen molar-refractivity contribution in [2.24, 2.45) is 29.6 Å². The van der Waals surface area contributed by atoms with Crippen molar-refractivity contribution in [3.05, 3.63) is 38.3 Å². The molecule has 3 heterocycles. The van der Waals surface area contributed by atoms with E-state index in [9.17, 15) is 29.4 Å². The first-order valence-corrected chi connectivity index (χ1v) is 13.4. The van der Waals surface area contributed by atoms with Gasteiger partial charge in [-0.3, -0.25) is 19.3 Å². The average molecular weight is 517 g/mol. The van der Waals surface area contributed by atoms with Gasteiger partial charge in [-0.05, 0) is 55.7 Å². The number of carboxylic acids is 1. The Morgan fingerprint density at radius 3 is 2.63 bits per heavy atom. The Labute approximate surface area is 208 Å². The van der Waals surface area contributed by atoms with Gasteiger partial charge in [0.25, 0.3) is 0 Å². The summed E-state index contributed by atoms with van der Waals surface area (Å²) in [5.41, 5.74) is 0.884. The van der Waals surface area contributed by atoms with E-state index in [-0.39, 0.29) is 45.5 Å². The van der Waals surface area contributed by atoms with Crippen LogP contribution in [-0.4, -0.2) is 55.8 Å². The van der Waals surface area contributed by atoms with E-state index in [0.717, 1.165) is 38.1 Å². The van der Waals surface area contributed by atoms with Crippen molar-refractivity contribution in [2.75, 3.05) is 6.61 Å². The minimum atomic E-state index is -1.20. The van der Waals surface area contributed by atoms with Gasteiger partial charge >= 0.3 is 10.8 Å². The number of phenolic OH excluding ortho intramolecular Hbond substituents is 1. The fourth-order valence-corrected chi connectivity index (χ4v) is 9.79. The lowest BCUT2D eigenvalue weighted by Gasteiger charge is -2.43. The van der Waals surface area contributed by atoms with Crippen LogP contribution in [-0.2, 0) is 14.4 Å². The fraction of sp³-hybridized carbons (Fsp3) is 0.500. The normalized spacial score (nSPS) is 33.4. The standard InChI is InChI=1S/C24H24N2O7S2/c1-3-33-13-6-9(4-5-12(13)27)14-15-10-7-11(18(15)34-20-19(14)35-24(32)25-20)17-16(10)21(28)26(22(17)29)8(2)23(30)31/h4-6,8,10-11,14-18,27H,3,7H2,1-2H3,(H,25,32)(H,30,31)/t8-,10-,11+,14-,15+,16+,17+,18-/m0/s1. The molecule has 2 amide bonds. The second-order valence-electron chi connectivity index (χ2n) is 9.68. The SMILES string of the molecule is CCOc1cc([C@@H]2c3sc(=O)[nH]c3S[C@H]3[C@@H]4C[C@H]([C@H]5C(=O)N([C@@H](C)C(=O)O)C(=O)[C@H]45)[C@H]23)ccc1O. The third-order valence-electron chi connectivity index (χ3n) is 8.15. The molecule has 2 saturated carbocycles. The van der Waals surface area contributed by atoms with E-state index in [1.165, 1.54) is 6.92 Å². The summed E-state index contributed by atoms with van der Waals surface area (Å²) >= 11 is 2.73. The molecule has 2 aliphatic carbocycles. The van der Waals surface area contributed by atoms with E-state index < -0.39 is 29.8 Å². The Balaban J connectivity index is 1.45. The van der Waals surface area contributed by atoms with Crippen LogP contribution in [0.25, 0.3) is 0 Å². The highest BCUT2D eigenvalue weighted by Gasteiger charge is 2.70. The first kappa shape index (κ1) is 22.7. The molecule has 1 aromatic heterocycles. The summed E-state index contributed by atoms with van der Waals surface area (Å²) in [6, 6.07) is 4.01. The molecule has 2 aromatic rings. The molecule has 35 heavy (non-hydrogen) atoms. The molecule has 9 nitrogen and oxygen atoms in total. The van der Waals surface area contributed by atoms with Crippen LogP contribution < -0.4 is 9.61 Å². The first-order valence-electron chi connectivity index (χ1n) is 11.7. The number of aliphatic carboxylic acids is 1. The molecule has 2 bridgehead atoms. The second kappa shape index (κ2) is 7.86. The molecule has 0 radical (unpaired) electrons. The van der Waals surface area contributed by atoms with Crippen LogP contribution in [0.1, 0.15) is 36.6 Å². The Morgan fingerprint density at radius 1 is 1.23 bits per heavy atom. The molecule has 8 atom stereocenters. The molecule has 6 rings (SSSR count). The number of likely N-dealkylation sites (tertiary alicyclic amines) is 1.